The molecule has 0 bridgehead atoms. The molecule has 2 rings (SSSR count). The van der Waals surface area contributed by atoms with Gasteiger partial charge in [-0.2, -0.15) is 0 Å². The molecule has 0 unspecified atom stereocenters. The highest BCUT2D eigenvalue weighted by molar-refractivity contribution is 9.10. The lowest BCUT2D eigenvalue weighted by Gasteiger charge is -2.27. The van der Waals surface area contributed by atoms with Crippen molar-refractivity contribution < 1.29 is 9.53 Å². The van der Waals surface area contributed by atoms with E-state index in [1.54, 1.807) is 16.2 Å². The maximum absolute atomic E-state index is 12.6. The van der Waals surface area contributed by atoms with Gasteiger partial charge in [-0.05, 0) is 56.3 Å². The predicted octanol–water partition coefficient (Wildman–Crippen LogP) is 5.76. The third kappa shape index (κ3) is 5.66. The molecule has 124 valence electrons. The zero-order valence-corrected chi connectivity index (χ0v) is 16.3. The lowest BCUT2D eigenvalue weighted by Crippen LogP contribution is -2.36. The Bertz CT molecular complexity index is 662. The molecule has 0 saturated carbocycles. The molecule has 3 nitrogen and oxygen atoms in total. The molecule has 1 aromatic heterocycles. The molecule has 5 heteroatoms. The van der Waals surface area contributed by atoms with Gasteiger partial charge in [-0.3, -0.25) is 4.90 Å². The zero-order valence-electron chi connectivity index (χ0n) is 13.9. The predicted molar refractivity (Wildman–Crippen MR) is 98.7 cm³/mol. The van der Waals surface area contributed by atoms with E-state index in [2.05, 4.69) is 28.1 Å². The van der Waals surface area contributed by atoms with E-state index < -0.39 is 5.60 Å². The molecule has 0 fully saturated rings. The Labute approximate surface area is 150 Å². The number of benzene rings is 1. The highest BCUT2D eigenvalue weighted by atomic mass is 79.9. The van der Waals surface area contributed by atoms with Crippen LogP contribution in [-0.4, -0.2) is 16.6 Å². The number of hydrogen-bond acceptors (Lipinski definition) is 3. The third-order valence-corrected chi connectivity index (χ3v) is 4.75. The van der Waals surface area contributed by atoms with Gasteiger partial charge in [0, 0.05) is 9.35 Å². The van der Waals surface area contributed by atoms with Crippen molar-refractivity contribution >= 4 is 33.4 Å². The molecule has 0 aliphatic carbocycles. The summed E-state index contributed by atoms with van der Waals surface area (Å²) in [7, 11) is 0. The first-order valence-corrected chi connectivity index (χ1v) is 9.17. The summed E-state index contributed by atoms with van der Waals surface area (Å²) in [5.74, 6) is 0. The SMILES string of the molecule is Cc1ccc(CN(Cc2cccs2)C(=O)OC(C)(C)C)c(Br)c1. The Kier molecular flexibility index (Phi) is 5.87. The molecule has 0 atom stereocenters. The van der Waals surface area contributed by atoms with E-state index in [4.69, 9.17) is 4.74 Å². The van der Waals surface area contributed by atoms with Gasteiger partial charge in [0.25, 0.3) is 0 Å². The van der Waals surface area contributed by atoms with Crippen LogP contribution in [0.3, 0.4) is 0 Å². The molecule has 2 aromatic rings. The van der Waals surface area contributed by atoms with Gasteiger partial charge in [0.2, 0.25) is 0 Å². The van der Waals surface area contributed by atoms with Gasteiger partial charge >= 0.3 is 6.09 Å². The smallest absolute Gasteiger partial charge is 0.410 e. The van der Waals surface area contributed by atoms with Crippen LogP contribution >= 0.6 is 27.3 Å². The number of carbonyl (C=O) groups is 1. The molecule has 0 saturated heterocycles. The van der Waals surface area contributed by atoms with Crippen molar-refractivity contribution in [3.8, 4) is 0 Å². The second-order valence-electron chi connectivity index (χ2n) is 6.51. The van der Waals surface area contributed by atoms with E-state index in [1.807, 2.05) is 51.3 Å². The summed E-state index contributed by atoms with van der Waals surface area (Å²) in [5, 5.41) is 2.02. The molecular formula is C18H22BrNO2S. The second-order valence-corrected chi connectivity index (χ2v) is 8.40. The lowest BCUT2D eigenvalue weighted by atomic mass is 10.1. The van der Waals surface area contributed by atoms with Gasteiger partial charge in [-0.25, -0.2) is 4.79 Å². The Morgan fingerprint density at radius 2 is 2.00 bits per heavy atom. The topological polar surface area (TPSA) is 29.5 Å². The van der Waals surface area contributed by atoms with Crippen LogP contribution in [0.1, 0.15) is 36.8 Å². The third-order valence-electron chi connectivity index (χ3n) is 3.15. The Morgan fingerprint density at radius 3 is 2.57 bits per heavy atom. The number of rotatable bonds is 4. The van der Waals surface area contributed by atoms with E-state index in [0.29, 0.717) is 13.1 Å². The minimum atomic E-state index is -0.505. The molecular weight excluding hydrogens is 374 g/mol. The summed E-state index contributed by atoms with van der Waals surface area (Å²) in [6.07, 6.45) is -0.293. The highest BCUT2D eigenvalue weighted by Crippen LogP contribution is 2.23. The number of hydrogen-bond donors (Lipinski definition) is 0. The van der Waals surface area contributed by atoms with Gasteiger partial charge in [0.05, 0.1) is 13.1 Å². The number of aryl methyl sites for hydroxylation is 1. The van der Waals surface area contributed by atoms with Crippen LogP contribution in [0, 0.1) is 6.92 Å². The highest BCUT2D eigenvalue weighted by Gasteiger charge is 2.23. The molecule has 0 aliphatic rings. The fourth-order valence-electron chi connectivity index (χ4n) is 2.09. The first-order valence-electron chi connectivity index (χ1n) is 7.50. The fourth-order valence-corrected chi connectivity index (χ4v) is 3.43. The van der Waals surface area contributed by atoms with Crippen molar-refractivity contribution in [2.45, 2.75) is 46.4 Å². The molecule has 0 N–H and O–H groups in total. The van der Waals surface area contributed by atoms with E-state index >= 15 is 0 Å². The van der Waals surface area contributed by atoms with Crippen molar-refractivity contribution in [1.82, 2.24) is 4.90 Å². The lowest BCUT2D eigenvalue weighted by molar-refractivity contribution is 0.0218. The maximum Gasteiger partial charge on any atom is 0.410 e. The Balaban J connectivity index is 2.20. The molecule has 1 heterocycles. The van der Waals surface area contributed by atoms with Gasteiger partial charge < -0.3 is 4.74 Å². The van der Waals surface area contributed by atoms with E-state index in [1.165, 1.54) is 5.56 Å². The number of ether oxygens (including phenoxy) is 1. The number of carbonyl (C=O) groups excluding carboxylic acids is 1. The second kappa shape index (κ2) is 7.49. The van der Waals surface area contributed by atoms with Crippen LogP contribution in [0.2, 0.25) is 0 Å². The molecule has 0 spiro atoms. The van der Waals surface area contributed by atoms with Crippen molar-refractivity contribution in [3.63, 3.8) is 0 Å². The molecule has 1 aromatic carbocycles. The van der Waals surface area contributed by atoms with Crippen molar-refractivity contribution in [2.24, 2.45) is 0 Å². The monoisotopic (exact) mass is 395 g/mol. The van der Waals surface area contributed by atoms with Crippen LogP contribution in [0.4, 0.5) is 4.79 Å². The van der Waals surface area contributed by atoms with E-state index in [0.717, 1.165) is 14.9 Å². The number of nitrogens with zero attached hydrogens (tertiary/aromatic N) is 1. The Morgan fingerprint density at radius 1 is 1.26 bits per heavy atom. The van der Waals surface area contributed by atoms with Crippen LogP contribution in [0.25, 0.3) is 0 Å². The van der Waals surface area contributed by atoms with Crippen LogP contribution in [-0.2, 0) is 17.8 Å². The first kappa shape index (κ1) is 18.0. The van der Waals surface area contributed by atoms with Gasteiger partial charge in [-0.1, -0.05) is 34.1 Å². The summed E-state index contributed by atoms with van der Waals surface area (Å²) in [4.78, 5) is 15.4. The molecule has 0 radical (unpaired) electrons. The summed E-state index contributed by atoms with van der Waals surface area (Å²) in [6, 6.07) is 10.2. The fraction of sp³-hybridized carbons (Fsp3) is 0.389. The average molecular weight is 396 g/mol. The quantitative estimate of drug-likeness (QED) is 0.658. The van der Waals surface area contributed by atoms with Crippen LogP contribution < -0.4 is 0 Å². The number of halogens is 1. The summed E-state index contributed by atoms with van der Waals surface area (Å²) >= 11 is 5.23. The van der Waals surface area contributed by atoms with Crippen molar-refractivity contribution in [2.75, 3.05) is 0 Å². The molecule has 23 heavy (non-hydrogen) atoms. The van der Waals surface area contributed by atoms with E-state index in [9.17, 15) is 4.79 Å². The van der Waals surface area contributed by atoms with E-state index in [-0.39, 0.29) is 6.09 Å². The first-order chi connectivity index (χ1) is 10.7. The average Bonchev–Trinajstić information content (AvgIpc) is 2.91. The maximum atomic E-state index is 12.6. The standard InChI is InChI=1S/C18H22BrNO2S/c1-13-7-8-14(16(19)10-13)11-20(12-15-6-5-9-23-15)17(21)22-18(2,3)4/h5-10H,11-12H2,1-4H3. The summed E-state index contributed by atoms with van der Waals surface area (Å²) < 4.78 is 6.57. The normalized spacial score (nSPS) is 11.3. The van der Waals surface area contributed by atoms with Gasteiger partial charge in [0.15, 0.2) is 0 Å². The Hall–Kier alpha value is -1.33. The molecule has 1 amide bonds. The minimum absolute atomic E-state index is 0.293. The van der Waals surface area contributed by atoms with Crippen molar-refractivity contribution in [1.29, 1.82) is 0 Å². The largest absolute Gasteiger partial charge is 0.444 e. The van der Waals surface area contributed by atoms with Crippen LogP contribution in [0.5, 0.6) is 0 Å². The molecule has 0 aliphatic heterocycles. The number of thiophene rings is 1. The summed E-state index contributed by atoms with van der Waals surface area (Å²) in [6.45, 7) is 8.76. The van der Waals surface area contributed by atoms with Gasteiger partial charge in [0.1, 0.15) is 5.60 Å². The number of amides is 1. The minimum Gasteiger partial charge on any atom is -0.444 e. The van der Waals surface area contributed by atoms with Crippen LogP contribution in [0.15, 0.2) is 40.2 Å². The van der Waals surface area contributed by atoms with Gasteiger partial charge in [-0.15, -0.1) is 11.3 Å². The van der Waals surface area contributed by atoms with Crippen molar-refractivity contribution in [3.05, 3.63) is 56.2 Å². The summed E-state index contributed by atoms with van der Waals surface area (Å²) in [5.41, 5.74) is 1.75. The zero-order chi connectivity index (χ0) is 17.0.